The van der Waals surface area contributed by atoms with Crippen LogP contribution in [-0.4, -0.2) is 17.5 Å². The highest BCUT2D eigenvalue weighted by Crippen LogP contribution is 2.23. The van der Waals surface area contributed by atoms with E-state index in [2.05, 4.69) is 48.2 Å². The van der Waals surface area contributed by atoms with Crippen LogP contribution < -0.4 is 0 Å². The molecule has 1 saturated heterocycles. The Labute approximate surface area is 97.5 Å². The molecule has 1 heterocycles. The molecule has 1 aromatic carbocycles. The van der Waals surface area contributed by atoms with Crippen LogP contribution in [0.2, 0.25) is 0 Å². The van der Waals surface area contributed by atoms with E-state index in [-0.39, 0.29) is 5.92 Å². The lowest BCUT2D eigenvalue weighted by Gasteiger charge is -2.35. The molecular weight excluding hydrogens is 196 g/mol. The van der Waals surface area contributed by atoms with Gasteiger partial charge in [0.25, 0.3) is 0 Å². The van der Waals surface area contributed by atoms with Crippen LogP contribution in [0.15, 0.2) is 30.3 Å². The van der Waals surface area contributed by atoms with Gasteiger partial charge in [0, 0.05) is 25.0 Å². The average Bonchev–Trinajstić information content (AvgIpc) is 2.33. The Morgan fingerprint density at radius 3 is 2.75 bits per heavy atom. The van der Waals surface area contributed by atoms with Gasteiger partial charge in [-0.2, -0.15) is 5.26 Å². The Morgan fingerprint density at radius 1 is 1.38 bits per heavy atom. The number of hydrogen-bond acceptors (Lipinski definition) is 2. The fourth-order valence-electron chi connectivity index (χ4n) is 2.39. The van der Waals surface area contributed by atoms with Crippen LogP contribution in [0.5, 0.6) is 0 Å². The van der Waals surface area contributed by atoms with E-state index >= 15 is 0 Å². The molecule has 0 aromatic heterocycles. The van der Waals surface area contributed by atoms with Gasteiger partial charge in [0.15, 0.2) is 0 Å². The lowest BCUT2D eigenvalue weighted by Crippen LogP contribution is -2.39. The first-order valence-electron chi connectivity index (χ1n) is 5.97. The van der Waals surface area contributed by atoms with Crippen molar-refractivity contribution in [3.05, 3.63) is 35.9 Å². The minimum atomic E-state index is 0.266. The Hall–Kier alpha value is -1.33. The molecular formula is C14H18N2. The molecule has 16 heavy (non-hydrogen) atoms. The maximum absolute atomic E-state index is 8.92. The molecule has 0 aliphatic carbocycles. The summed E-state index contributed by atoms with van der Waals surface area (Å²) >= 11 is 0. The third-order valence-corrected chi connectivity index (χ3v) is 3.42. The molecule has 2 nitrogen and oxygen atoms in total. The third-order valence-electron chi connectivity index (χ3n) is 3.42. The number of nitriles is 1. The summed E-state index contributed by atoms with van der Waals surface area (Å²) in [6.45, 7) is 4.29. The van der Waals surface area contributed by atoms with E-state index in [9.17, 15) is 0 Å². The summed E-state index contributed by atoms with van der Waals surface area (Å²) in [5.41, 5.74) is 1.37. The summed E-state index contributed by atoms with van der Waals surface area (Å²) < 4.78 is 0. The monoisotopic (exact) mass is 214 g/mol. The van der Waals surface area contributed by atoms with E-state index in [0.717, 1.165) is 25.9 Å². The average molecular weight is 214 g/mol. The summed E-state index contributed by atoms with van der Waals surface area (Å²) in [6.07, 6.45) is 2.04. The van der Waals surface area contributed by atoms with Gasteiger partial charge in [0.05, 0.1) is 6.07 Å². The van der Waals surface area contributed by atoms with Crippen molar-refractivity contribution in [1.29, 1.82) is 5.26 Å². The van der Waals surface area contributed by atoms with Gasteiger partial charge in [0.2, 0.25) is 0 Å². The van der Waals surface area contributed by atoms with Crippen molar-refractivity contribution in [1.82, 2.24) is 4.90 Å². The predicted octanol–water partition coefficient (Wildman–Crippen LogP) is 2.81. The topological polar surface area (TPSA) is 27.0 Å². The molecule has 1 aliphatic rings. The quantitative estimate of drug-likeness (QED) is 0.757. The van der Waals surface area contributed by atoms with Gasteiger partial charge in [-0.05, 0) is 25.3 Å². The first-order chi connectivity index (χ1) is 7.79. The van der Waals surface area contributed by atoms with Gasteiger partial charge >= 0.3 is 0 Å². The normalized spacial score (nSPS) is 26.2. The zero-order valence-corrected chi connectivity index (χ0v) is 9.76. The Balaban J connectivity index is 1.95. The van der Waals surface area contributed by atoms with E-state index in [4.69, 9.17) is 5.26 Å². The van der Waals surface area contributed by atoms with Crippen molar-refractivity contribution < 1.29 is 0 Å². The number of hydrogen-bond donors (Lipinski definition) is 0. The molecule has 0 unspecified atom stereocenters. The lowest BCUT2D eigenvalue weighted by molar-refractivity contribution is 0.133. The zero-order chi connectivity index (χ0) is 11.4. The predicted molar refractivity (Wildman–Crippen MR) is 64.7 cm³/mol. The molecule has 1 fully saturated rings. The van der Waals surface area contributed by atoms with Gasteiger partial charge in [-0.3, -0.25) is 4.90 Å². The highest BCUT2D eigenvalue weighted by molar-refractivity contribution is 5.14. The molecule has 84 valence electrons. The first kappa shape index (κ1) is 11.2. The van der Waals surface area contributed by atoms with Crippen LogP contribution in [0, 0.1) is 17.2 Å². The highest BCUT2D eigenvalue weighted by Gasteiger charge is 2.24. The Bertz CT molecular complexity index is 366. The van der Waals surface area contributed by atoms with Crippen LogP contribution in [0.3, 0.4) is 0 Å². The minimum Gasteiger partial charge on any atom is -0.296 e. The minimum absolute atomic E-state index is 0.266. The van der Waals surface area contributed by atoms with Crippen molar-refractivity contribution in [2.45, 2.75) is 32.4 Å². The molecule has 2 heteroatoms. The maximum atomic E-state index is 8.92. The molecule has 0 radical (unpaired) electrons. The lowest BCUT2D eigenvalue weighted by atomic mass is 9.92. The number of likely N-dealkylation sites (tertiary alicyclic amines) is 1. The number of rotatable bonds is 2. The molecule has 2 rings (SSSR count). The smallest absolute Gasteiger partial charge is 0.0656 e. The van der Waals surface area contributed by atoms with Crippen LogP contribution in [-0.2, 0) is 6.54 Å². The molecule has 1 aliphatic heterocycles. The van der Waals surface area contributed by atoms with E-state index in [1.807, 2.05) is 0 Å². The number of piperidine rings is 1. The van der Waals surface area contributed by atoms with Crippen LogP contribution in [0.25, 0.3) is 0 Å². The van der Waals surface area contributed by atoms with E-state index in [1.165, 1.54) is 5.56 Å². The largest absolute Gasteiger partial charge is 0.296 e. The third kappa shape index (κ3) is 2.62. The summed E-state index contributed by atoms with van der Waals surface area (Å²) in [4.78, 5) is 2.48. The SMILES string of the molecule is C[C@H]1C[C@@H](C#N)CCN1Cc1ccccc1. The summed E-state index contributed by atoms with van der Waals surface area (Å²) in [6, 6.07) is 13.5. The van der Waals surface area contributed by atoms with Crippen molar-refractivity contribution in [3.8, 4) is 6.07 Å². The van der Waals surface area contributed by atoms with Crippen LogP contribution >= 0.6 is 0 Å². The second-order valence-corrected chi connectivity index (χ2v) is 4.66. The molecule has 2 atom stereocenters. The van der Waals surface area contributed by atoms with Gasteiger partial charge in [-0.1, -0.05) is 30.3 Å². The molecule has 0 N–H and O–H groups in total. The van der Waals surface area contributed by atoms with Crippen LogP contribution in [0.1, 0.15) is 25.3 Å². The van der Waals surface area contributed by atoms with Crippen LogP contribution in [0.4, 0.5) is 0 Å². The second kappa shape index (κ2) is 5.14. The van der Waals surface area contributed by atoms with E-state index in [1.54, 1.807) is 0 Å². The standard InChI is InChI=1S/C14H18N2/c1-12-9-14(10-15)7-8-16(12)11-13-5-3-2-4-6-13/h2-6,12,14H,7-9,11H2,1H3/t12-,14-/m0/s1. The van der Waals surface area contributed by atoms with Crippen molar-refractivity contribution in [2.75, 3.05) is 6.54 Å². The fraction of sp³-hybridized carbons (Fsp3) is 0.500. The van der Waals surface area contributed by atoms with E-state index in [0.29, 0.717) is 6.04 Å². The fourth-order valence-corrected chi connectivity index (χ4v) is 2.39. The molecule has 0 bridgehead atoms. The Morgan fingerprint density at radius 2 is 2.12 bits per heavy atom. The van der Waals surface area contributed by atoms with Gasteiger partial charge in [0.1, 0.15) is 0 Å². The molecule has 0 amide bonds. The van der Waals surface area contributed by atoms with Crippen molar-refractivity contribution >= 4 is 0 Å². The second-order valence-electron chi connectivity index (χ2n) is 4.66. The summed E-state index contributed by atoms with van der Waals surface area (Å²) in [5, 5.41) is 8.92. The van der Waals surface area contributed by atoms with Gasteiger partial charge in [-0.15, -0.1) is 0 Å². The van der Waals surface area contributed by atoms with Gasteiger partial charge < -0.3 is 0 Å². The summed E-state index contributed by atoms with van der Waals surface area (Å²) in [5.74, 6) is 0.266. The molecule has 0 spiro atoms. The summed E-state index contributed by atoms with van der Waals surface area (Å²) in [7, 11) is 0. The molecule has 0 saturated carbocycles. The van der Waals surface area contributed by atoms with E-state index < -0.39 is 0 Å². The Kier molecular flexibility index (Phi) is 3.58. The number of nitrogens with zero attached hydrogens (tertiary/aromatic N) is 2. The highest BCUT2D eigenvalue weighted by atomic mass is 15.2. The van der Waals surface area contributed by atoms with Crippen molar-refractivity contribution in [2.24, 2.45) is 5.92 Å². The maximum Gasteiger partial charge on any atom is 0.0656 e. The molecule has 1 aromatic rings. The zero-order valence-electron chi connectivity index (χ0n) is 9.76. The first-order valence-corrected chi connectivity index (χ1v) is 5.97. The van der Waals surface area contributed by atoms with Crippen molar-refractivity contribution in [3.63, 3.8) is 0 Å². The van der Waals surface area contributed by atoms with Gasteiger partial charge in [-0.25, -0.2) is 0 Å². The number of benzene rings is 1.